The Kier molecular flexibility index (Phi) is 5.39. The molecule has 0 fully saturated rings. The van der Waals surface area contributed by atoms with E-state index in [0.717, 1.165) is 17.7 Å². The van der Waals surface area contributed by atoms with Crippen LogP contribution in [0.3, 0.4) is 0 Å². The largest absolute Gasteiger partial charge is 0.416 e. The predicted octanol–water partition coefficient (Wildman–Crippen LogP) is 6.21. The lowest BCUT2D eigenvalue weighted by Gasteiger charge is -2.17. The number of rotatable bonds is 6. The number of halogens is 5. The molecule has 0 aliphatic carbocycles. The third kappa shape index (κ3) is 5.05. The van der Waals surface area contributed by atoms with Crippen LogP contribution in [0.25, 0.3) is 0 Å². The fourth-order valence-electron chi connectivity index (χ4n) is 2.37. The van der Waals surface area contributed by atoms with E-state index in [2.05, 4.69) is 0 Å². The molecule has 0 saturated heterocycles. The molecule has 2 rings (SSSR count). The Balaban J connectivity index is 1.88. The van der Waals surface area contributed by atoms with Gasteiger partial charge in [-0.05, 0) is 37.0 Å². The van der Waals surface area contributed by atoms with Crippen molar-refractivity contribution in [3.8, 4) is 0 Å². The molecule has 0 bridgehead atoms. The Morgan fingerprint density at radius 3 is 1.78 bits per heavy atom. The van der Waals surface area contributed by atoms with Gasteiger partial charge in [0.05, 0.1) is 5.56 Å². The minimum Gasteiger partial charge on any atom is -0.201 e. The lowest BCUT2D eigenvalue weighted by molar-refractivity contribution is -0.137. The monoisotopic (exact) mass is 328 g/mol. The zero-order valence-electron chi connectivity index (χ0n) is 12.4. The normalized spacial score (nSPS) is 12.4. The SMILES string of the molecule is FC(F)(F)c1ccc(C(F)(F)CCCCc2ccccc2)cc1. The molecule has 0 aromatic heterocycles. The molecule has 0 N–H and O–H groups in total. The second-order valence-electron chi connectivity index (χ2n) is 5.47. The van der Waals surface area contributed by atoms with Crippen LogP contribution in [0.5, 0.6) is 0 Å². The summed E-state index contributed by atoms with van der Waals surface area (Å²) in [5.74, 6) is -3.11. The van der Waals surface area contributed by atoms with Gasteiger partial charge in [-0.3, -0.25) is 0 Å². The number of hydrogen-bond acceptors (Lipinski definition) is 0. The highest BCUT2D eigenvalue weighted by molar-refractivity contribution is 5.27. The lowest BCUT2D eigenvalue weighted by Crippen LogP contribution is -2.14. The average Bonchev–Trinajstić information content (AvgIpc) is 2.52. The minimum atomic E-state index is -4.51. The van der Waals surface area contributed by atoms with E-state index >= 15 is 0 Å². The van der Waals surface area contributed by atoms with Crippen molar-refractivity contribution in [1.29, 1.82) is 0 Å². The molecule has 0 saturated carbocycles. The molecule has 0 spiro atoms. The van der Waals surface area contributed by atoms with E-state index in [0.29, 0.717) is 31.4 Å². The van der Waals surface area contributed by atoms with Crippen LogP contribution >= 0.6 is 0 Å². The number of unbranched alkanes of at least 4 members (excludes halogenated alkanes) is 1. The van der Waals surface area contributed by atoms with E-state index in [9.17, 15) is 22.0 Å². The zero-order valence-corrected chi connectivity index (χ0v) is 12.4. The van der Waals surface area contributed by atoms with Gasteiger partial charge in [-0.25, -0.2) is 8.78 Å². The molecule has 5 heteroatoms. The summed E-state index contributed by atoms with van der Waals surface area (Å²) in [6.45, 7) is 0. The molecule has 0 atom stereocenters. The highest BCUT2D eigenvalue weighted by atomic mass is 19.4. The summed E-state index contributed by atoms with van der Waals surface area (Å²) in [7, 11) is 0. The molecule has 0 amide bonds. The molecular formula is C18H17F5. The second kappa shape index (κ2) is 7.11. The van der Waals surface area contributed by atoms with Crippen molar-refractivity contribution in [3.63, 3.8) is 0 Å². The molecule has 0 unspecified atom stereocenters. The fraction of sp³-hybridized carbons (Fsp3) is 0.333. The predicted molar refractivity (Wildman–Crippen MR) is 79.3 cm³/mol. The molecule has 23 heavy (non-hydrogen) atoms. The van der Waals surface area contributed by atoms with Crippen molar-refractivity contribution in [2.24, 2.45) is 0 Å². The van der Waals surface area contributed by atoms with Gasteiger partial charge in [0, 0.05) is 12.0 Å². The van der Waals surface area contributed by atoms with Gasteiger partial charge >= 0.3 is 6.18 Å². The summed E-state index contributed by atoms with van der Waals surface area (Å²) < 4.78 is 65.4. The molecule has 2 aromatic carbocycles. The van der Waals surface area contributed by atoms with Crippen LogP contribution in [-0.4, -0.2) is 0 Å². The number of benzene rings is 2. The van der Waals surface area contributed by atoms with E-state index < -0.39 is 17.7 Å². The number of alkyl halides is 5. The van der Waals surface area contributed by atoms with Crippen LogP contribution in [0.15, 0.2) is 54.6 Å². The molecule has 0 radical (unpaired) electrons. The van der Waals surface area contributed by atoms with Gasteiger partial charge in [-0.2, -0.15) is 13.2 Å². The third-order valence-corrected chi connectivity index (χ3v) is 3.68. The molecule has 124 valence electrons. The smallest absolute Gasteiger partial charge is 0.201 e. The van der Waals surface area contributed by atoms with Gasteiger partial charge in [-0.15, -0.1) is 0 Å². The quantitative estimate of drug-likeness (QED) is 0.437. The number of hydrogen-bond donors (Lipinski definition) is 0. The summed E-state index contributed by atoms with van der Waals surface area (Å²) in [5.41, 5.74) is -0.198. The Bertz CT molecular complexity index is 600. The molecule has 0 nitrogen and oxygen atoms in total. The molecular weight excluding hydrogens is 311 g/mol. The van der Waals surface area contributed by atoms with E-state index in [1.54, 1.807) is 0 Å². The lowest BCUT2D eigenvalue weighted by atomic mass is 9.99. The van der Waals surface area contributed by atoms with Crippen LogP contribution in [0.4, 0.5) is 22.0 Å². The van der Waals surface area contributed by atoms with Crippen molar-refractivity contribution in [3.05, 3.63) is 71.3 Å². The Morgan fingerprint density at radius 2 is 1.22 bits per heavy atom. The van der Waals surface area contributed by atoms with Crippen LogP contribution in [0.2, 0.25) is 0 Å². The van der Waals surface area contributed by atoms with E-state index in [1.807, 2.05) is 30.3 Å². The van der Waals surface area contributed by atoms with Gasteiger partial charge in [0.15, 0.2) is 0 Å². The van der Waals surface area contributed by atoms with Gasteiger partial charge in [-0.1, -0.05) is 42.5 Å². The van der Waals surface area contributed by atoms with Crippen molar-refractivity contribution in [2.45, 2.75) is 37.8 Å². The van der Waals surface area contributed by atoms with E-state index in [1.165, 1.54) is 0 Å². The van der Waals surface area contributed by atoms with Gasteiger partial charge < -0.3 is 0 Å². The van der Waals surface area contributed by atoms with Gasteiger partial charge in [0.2, 0.25) is 0 Å². The first-order chi connectivity index (χ1) is 10.8. The molecule has 0 aliphatic rings. The van der Waals surface area contributed by atoms with Crippen molar-refractivity contribution < 1.29 is 22.0 Å². The van der Waals surface area contributed by atoms with Crippen molar-refractivity contribution in [2.75, 3.05) is 0 Å². The Morgan fingerprint density at radius 1 is 0.652 bits per heavy atom. The fourth-order valence-corrected chi connectivity index (χ4v) is 2.37. The summed E-state index contributed by atoms with van der Waals surface area (Å²) >= 11 is 0. The molecule has 0 heterocycles. The minimum absolute atomic E-state index is 0.308. The first-order valence-electron chi connectivity index (χ1n) is 7.38. The van der Waals surface area contributed by atoms with Crippen LogP contribution in [0, 0.1) is 0 Å². The summed E-state index contributed by atoms with van der Waals surface area (Å²) in [4.78, 5) is 0. The highest BCUT2D eigenvalue weighted by Crippen LogP contribution is 2.36. The first-order valence-corrected chi connectivity index (χ1v) is 7.38. The molecule has 2 aromatic rings. The van der Waals surface area contributed by atoms with Crippen LogP contribution in [-0.2, 0) is 18.5 Å². The Labute approximate surface area is 132 Å². The standard InChI is InChI=1S/C18H17F5/c19-17(20,13-5-4-8-14-6-2-1-3-7-14)15-9-11-16(12-10-15)18(21,22)23/h1-3,6-7,9-12H,4-5,8,13H2. The second-order valence-corrected chi connectivity index (χ2v) is 5.47. The zero-order chi connectivity index (χ0) is 16.9. The van der Waals surface area contributed by atoms with Crippen molar-refractivity contribution in [1.82, 2.24) is 0 Å². The van der Waals surface area contributed by atoms with Crippen LogP contribution < -0.4 is 0 Å². The van der Waals surface area contributed by atoms with Crippen LogP contribution in [0.1, 0.15) is 36.0 Å². The third-order valence-electron chi connectivity index (χ3n) is 3.68. The van der Waals surface area contributed by atoms with Gasteiger partial charge in [0.1, 0.15) is 0 Å². The number of aryl methyl sites for hydroxylation is 1. The first kappa shape index (κ1) is 17.4. The maximum absolute atomic E-state index is 14.0. The van der Waals surface area contributed by atoms with E-state index in [-0.39, 0.29) is 12.0 Å². The topological polar surface area (TPSA) is 0 Å². The van der Waals surface area contributed by atoms with E-state index in [4.69, 9.17) is 0 Å². The molecule has 0 aliphatic heterocycles. The van der Waals surface area contributed by atoms with Crippen molar-refractivity contribution >= 4 is 0 Å². The maximum atomic E-state index is 14.0. The highest BCUT2D eigenvalue weighted by Gasteiger charge is 2.34. The van der Waals surface area contributed by atoms with Gasteiger partial charge in [0.25, 0.3) is 5.92 Å². The average molecular weight is 328 g/mol. The summed E-state index contributed by atoms with van der Waals surface area (Å²) in [5, 5.41) is 0. The summed E-state index contributed by atoms with van der Waals surface area (Å²) in [6, 6.07) is 12.7. The Hall–Kier alpha value is -1.91. The summed E-state index contributed by atoms with van der Waals surface area (Å²) in [6.07, 6.45) is -3.25. The maximum Gasteiger partial charge on any atom is 0.416 e.